The molecule has 198 valence electrons. The summed E-state index contributed by atoms with van der Waals surface area (Å²) >= 11 is 0. The van der Waals surface area contributed by atoms with Gasteiger partial charge >= 0.3 is 0 Å². The van der Waals surface area contributed by atoms with Crippen molar-refractivity contribution in [2.45, 2.75) is 89.7 Å². The fourth-order valence-corrected chi connectivity index (χ4v) is 4.86. The Hall–Kier alpha value is -2.94. The van der Waals surface area contributed by atoms with E-state index < -0.39 is 26.4 Å². The van der Waals surface area contributed by atoms with E-state index >= 15 is 0 Å². The maximum atomic E-state index is 12.5. The number of sulfone groups is 1. The number of carbonyl (C=O) groups is 1. The van der Waals surface area contributed by atoms with Crippen LogP contribution in [0.15, 0.2) is 47.4 Å². The van der Waals surface area contributed by atoms with Crippen molar-refractivity contribution in [1.82, 2.24) is 5.32 Å². The monoisotopic (exact) mass is 518 g/mol. The number of amides is 1. The van der Waals surface area contributed by atoms with Gasteiger partial charge in [-0.25, -0.2) is 8.42 Å². The van der Waals surface area contributed by atoms with Crippen LogP contribution in [-0.2, 0) is 25.5 Å². The molecule has 2 aromatic carbocycles. The summed E-state index contributed by atoms with van der Waals surface area (Å²) in [5.74, 6) is -0.621. The smallest absolute Gasteiger partial charge is 0.269 e. The van der Waals surface area contributed by atoms with Gasteiger partial charge in [-0.05, 0) is 60.1 Å². The summed E-state index contributed by atoms with van der Waals surface area (Å²) in [5.41, 5.74) is 2.05. The van der Waals surface area contributed by atoms with E-state index in [1.165, 1.54) is 11.1 Å². The van der Waals surface area contributed by atoms with Crippen molar-refractivity contribution in [3.63, 3.8) is 0 Å². The number of carbonyl (C=O) groups excluding carboxylic acids is 1. The molecule has 1 N–H and O–H groups in total. The number of ether oxygens (including phenoxy) is 1. The third kappa shape index (κ3) is 8.33. The van der Waals surface area contributed by atoms with Crippen LogP contribution < -0.4 is 10.1 Å². The van der Waals surface area contributed by atoms with E-state index in [2.05, 4.69) is 52.9 Å². The summed E-state index contributed by atoms with van der Waals surface area (Å²) in [5, 5.41) is 13.5. The normalized spacial score (nSPS) is 14.1. The molecule has 9 heteroatoms. The lowest BCUT2D eigenvalue weighted by Gasteiger charge is -2.27. The molecule has 2 aromatic rings. The number of hydrogen-bond donors (Lipinski definition) is 1. The molecular weight excluding hydrogens is 480 g/mol. The second-order valence-electron chi connectivity index (χ2n) is 11.4. The number of non-ortho nitro benzene ring substituents is 1. The van der Waals surface area contributed by atoms with Gasteiger partial charge in [0.25, 0.3) is 5.69 Å². The number of rotatable bonds is 9. The molecule has 2 rings (SSSR count). The molecule has 0 saturated heterocycles. The van der Waals surface area contributed by atoms with E-state index in [9.17, 15) is 23.3 Å². The molecule has 0 saturated carbocycles. The molecule has 0 heterocycles. The predicted molar refractivity (Wildman–Crippen MR) is 141 cm³/mol. The lowest BCUT2D eigenvalue weighted by atomic mass is 9.80. The highest BCUT2D eigenvalue weighted by Crippen LogP contribution is 2.33. The average molecular weight is 519 g/mol. The maximum Gasteiger partial charge on any atom is 0.269 e. The highest BCUT2D eigenvalue weighted by atomic mass is 32.2. The van der Waals surface area contributed by atoms with Crippen molar-refractivity contribution in [2.75, 3.05) is 5.75 Å². The molecule has 0 bridgehead atoms. The number of nitro groups is 1. The average Bonchev–Trinajstić information content (AvgIpc) is 2.71. The third-order valence-corrected chi connectivity index (χ3v) is 7.43. The lowest BCUT2D eigenvalue weighted by Crippen LogP contribution is -2.39. The van der Waals surface area contributed by atoms with Gasteiger partial charge in [0.1, 0.15) is 11.5 Å². The number of nitrogens with one attached hydrogen (secondary N) is 1. The number of benzene rings is 2. The molecule has 0 radical (unpaired) electrons. The topological polar surface area (TPSA) is 116 Å². The summed E-state index contributed by atoms with van der Waals surface area (Å²) in [6.45, 7) is 16.6. The van der Waals surface area contributed by atoms with Gasteiger partial charge < -0.3 is 10.1 Å². The zero-order chi connectivity index (χ0) is 27.5. The highest BCUT2D eigenvalue weighted by molar-refractivity contribution is 7.92. The van der Waals surface area contributed by atoms with Crippen molar-refractivity contribution in [2.24, 2.45) is 0 Å². The van der Waals surface area contributed by atoms with Crippen LogP contribution in [0.4, 0.5) is 5.69 Å². The first-order chi connectivity index (χ1) is 16.4. The van der Waals surface area contributed by atoms with E-state index in [0.717, 1.165) is 30.0 Å². The van der Waals surface area contributed by atoms with Crippen LogP contribution in [-0.4, -0.2) is 37.1 Å². The molecule has 36 heavy (non-hydrogen) atoms. The van der Waals surface area contributed by atoms with E-state index in [-0.39, 0.29) is 33.6 Å². The van der Waals surface area contributed by atoms with E-state index in [0.29, 0.717) is 6.42 Å². The van der Waals surface area contributed by atoms with Crippen molar-refractivity contribution >= 4 is 21.4 Å². The van der Waals surface area contributed by atoms with Crippen LogP contribution in [0.1, 0.15) is 72.9 Å². The van der Waals surface area contributed by atoms with Gasteiger partial charge in [0.2, 0.25) is 5.91 Å². The Kier molecular flexibility index (Phi) is 8.94. The molecule has 0 spiro atoms. The maximum absolute atomic E-state index is 12.5. The zero-order valence-electron chi connectivity index (χ0n) is 22.4. The van der Waals surface area contributed by atoms with Gasteiger partial charge in [0.15, 0.2) is 9.84 Å². The first-order valence-electron chi connectivity index (χ1n) is 12.0. The Bertz CT molecular complexity index is 1160. The molecule has 0 aliphatic rings. The highest BCUT2D eigenvalue weighted by Gasteiger charge is 2.24. The molecule has 0 aliphatic heterocycles. The Balaban J connectivity index is 2.02. The summed E-state index contributed by atoms with van der Waals surface area (Å²) in [6, 6.07) is 10.5. The third-order valence-electron chi connectivity index (χ3n) is 5.80. The van der Waals surface area contributed by atoms with Crippen molar-refractivity contribution in [3.05, 3.63) is 63.7 Å². The van der Waals surface area contributed by atoms with Gasteiger partial charge in [-0.3, -0.25) is 14.9 Å². The largest absolute Gasteiger partial charge is 0.491 e. The Morgan fingerprint density at radius 1 is 0.972 bits per heavy atom. The summed E-state index contributed by atoms with van der Waals surface area (Å²) in [6.07, 6.45) is 0.253. The quantitative estimate of drug-likeness (QED) is 0.354. The minimum absolute atomic E-state index is 0.0426. The standard InChI is InChI=1S/C27H38N2O6S/c1-18(28-25(30)17-36(33,34)24-11-9-22(10-12-24)29(31)32)13-19(2)35-23-15-20(26(3,4)5)14-21(16-23)27(6,7)8/h9-12,14-16,18-19H,13,17H2,1-8H3,(H,28,30). The van der Waals surface area contributed by atoms with Crippen molar-refractivity contribution in [1.29, 1.82) is 0 Å². The second kappa shape index (κ2) is 11.0. The molecule has 0 aliphatic carbocycles. The van der Waals surface area contributed by atoms with E-state index in [1.54, 1.807) is 6.92 Å². The van der Waals surface area contributed by atoms with Gasteiger partial charge in [-0.15, -0.1) is 0 Å². The second-order valence-corrected chi connectivity index (χ2v) is 13.4. The summed E-state index contributed by atoms with van der Waals surface area (Å²) < 4.78 is 31.3. The lowest BCUT2D eigenvalue weighted by molar-refractivity contribution is -0.384. The SMILES string of the molecule is CC(CC(C)Oc1cc(C(C)(C)C)cc(C(C)(C)C)c1)NC(=O)CS(=O)(=O)c1ccc([N+](=O)[O-])cc1. The summed E-state index contributed by atoms with van der Waals surface area (Å²) in [4.78, 5) is 22.4. The van der Waals surface area contributed by atoms with Gasteiger partial charge in [0.05, 0.1) is 15.9 Å². The number of nitro benzene ring substituents is 1. The molecule has 2 unspecified atom stereocenters. The fourth-order valence-electron chi connectivity index (χ4n) is 3.72. The zero-order valence-corrected chi connectivity index (χ0v) is 23.2. The number of hydrogen-bond acceptors (Lipinski definition) is 6. The number of nitrogens with zero attached hydrogens (tertiary/aromatic N) is 1. The minimum Gasteiger partial charge on any atom is -0.491 e. The minimum atomic E-state index is -3.93. The fraction of sp³-hybridized carbons (Fsp3) is 0.519. The Labute approximate surface area is 214 Å². The van der Waals surface area contributed by atoms with Crippen LogP contribution in [0.3, 0.4) is 0 Å². The molecule has 0 fully saturated rings. The molecular formula is C27H38N2O6S. The van der Waals surface area contributed by atoms with Crippen molar-refractivity contribution in [3.8, 4) is 5.75 Å². The van der Waals surface area contributed by atoms with Crippen molar-refractivity contribution < 1.29 is 22.9 Å². The van der Waals surface area contributed by atoms with Gasteiger partial charge in [-0.1, -0.05) is 47.6 Å². The van der Waals surface area contributed by atoms with Crippen LogP contribution in [0.5, 0.6) is 5.75 Å². The molecule has 0 aromatic heterocycles. The molecule has 8 nitrogen and oxygen atoms in total. The van der Waals surface area contributed by atoms with Crippen LogP contribution in [0.2, 0.25) is 0 Å². The van der Waals surface area contributed by atoms with Gasteiger partial charge in [-0.2, -0.15) is 0 Å². The first-order valence-corrected chi connectivity index (χ1v) is 13.6. The van der Waals surface area contributed by atoms with E-state index in [1.807, 2.05) is 19.1 Å². The van der Waals surface area contributed by atoms with Gasteiger partial charge in [0, 0.05) is 24.6 Å². The predicted octanol–water partition coefficient (Wildman–Crippen LogP) is 5.33. The Morgan fingerprint density at radius 2 is 1.47 bits per heavy atom. The first kappa shape index (κ1) is 29.3. The molecule has 1 amide bonds. The summed E-state index contributed by atoms with van der Waals surface area (Å²) in [7, 11) is -3.93. The van der Waals surface area contributed by atoms with Crippen LogP contribution >= 0.6 is 0 Å². The van der Waals surface area contributed by atoms with Crippen LogP contribution in [0, 0.1) is 10.1 Å². The Morgan fingerprint density at radius 3 is 1.92 bits per heavy atom. The van der Waals surface area contributed by atoms with Crippen LogP contribution in [0.25, 0.3) is 0 Å². The molecule has 2 atom stereocenters. The van der Waals surface area contributed by atoms with E-state index in [4.69, 9.17) is 4.74 Å².